The van der Waals surface area contributed by atoms with Gasteiger partial charge >= 0.3 is 59.7 Å². The Bertz CT molecular complexity index is 1150. The molecule has 0 bridgehead atoms. The molecule has 4 N–H and O–H groups in total. The molecule has 1 aromatic carbocycles. The summed E-state index contributed by atoms with van der Waals surface area (Å²) < 4.78 is 283. The molecule has 0 aromatic heterocycles. The summed E-state index contributed by atoms with van der Waals surface area (Å²) in [6, 6.07) is 0.144. The highest BCUT2D eigenvalue weighted by atomic mass is 35.5. The van der Waals surface area contributed by atoms with Crippen LogP contribution in [0.2, 0.25) is 5.02 Å². The van der Waals surface area contributed by atoms with Crippen molar-refractivity contribution in [3.05, 3.63) is 17.2 Å². The summed E-state index contributed by atoms with van der Waals surface area (Å²) in [6.07, 6.45) is -15.4. The van der Waals surface area contributed by atoms with E-state index in [1.54, 1.807) is 0 Å². The van der Waals surface area contributed by atoms with Crippen LogP contribution in [0.25, 0.3) is 0 Å². The largest absolute Gasteiger partial charge is 0.471 e. The number of hydrogen-bond acceptors (Lipinski definition) is 3. The van der Waals surface area contributed by atoms with Crippen molar-refractivity contribution < 1.29 is 96.9 Å². The molecule has 0 aliphatic carbocycles. The molecule has 0 aliphatic rings. The van der Waals surface area contributed by atoms with E-state index in [1.165, 1.54) is 0 Å². The zero-order valence-corrected chi connectivity index (χ0v) is 18.8. The molecule has 0 heterocycles. The van der Waals surface area contributed by atoms with E-state index in [4.69, 9.17) is 23.1 Å². The Labute approximate surface area is 215 Å². The van der Waals surface area contributed by atoms with Gasteiger partial charge in [-0.3, -0.25) is 0 Å². The first-order valence-corrected chi connectivity index (χ1v) is 9.43. The van der Waals surface area contributed by atoms with Crippen LogP contribution in [-0.2, 0) is 0 Å². The molecule has 1 rings (SSSR count). The third-order valence-electron chi connectivity index (χ3n) is 4.85. The summed E-state index contributed by atoms with van der Waals surface area (Å²) in [5.41, 5.74) is 7.60. The van der Waals surface area contributed by atoms with Crippen molar-refractivity contribution in [1.82, 2.24) is 0 Å². The molecule has 0 fully saturated rings. The fourth-order valence-electron chi connectivity index (χ4n) is 2.42. The lowest BCUT2D eigenvalue weighted by Crippen LogP contribution is -2.77. The second kappa shape index (κ2) is 9.47. The fraction of sp³-hybridized carbons (Fsp3) is 0.625. The lowest BCUT2D eigenvalue weighted by Gasteiger charge is -2.44. The van der Waals surface area contributed by atoms with Gasteiger partial charge in [-0.25, -0.2) is 0 Å². The van der Waals surface area contributed by atoms with Crippen LogP contribution in [0.15, 0.2) is 12.1 Å². The number of rotatable bonds is 10. The van der Waals surface area contributed by atoms with Gasteiger partial charge < -0.3 is 16.2 Å². The van der Waals surface area contributed by atoms with E-state index in [1.807, 2.05) is 0 Å². The molecule has 1 aromatic rings. The first-order valence-electron chi connectivity index (χ1n) is 9.05. The van der Waals surface area contributed by atoms with Gasteiger partial charge in [-0.15, -0.1) is 0 Å². The van der Waals surface area contributed by atoms with Crippen LogP contribution in [0.4, 0.5) is 104 Å². The summed E-state index contributed by atoms with van der Waals surface area (Å²) in [7, 11) is 0. The minimum atomic E-state index is -9.26. The molecule has 41 heavy (non-hydrogen) atoms. The van der Waals surface area contributed by atoms with Gasteiger partial charge in [-0.2, -0.15) is 92.2 Å². The first-order chi connectivity index (χ1) is 17.5. The summed E-state index contributed by atoms with van der Waals surface area (Å²) in [6.45, 7) is 0. The summed E-state index contributed by atoms with van der Waals surface area (Å²) in [4.78, 5) is 0. The Morgan fingerprint density at radius 2 is 0.732 bits per heavy atom. The number of nitrogen functional groups attached to an aromatic ring is 2. The highest BCUT2D eigenvalue weighted by Gasteiger charge is 2.98. The van der Waals surface area contributed by atoms with Crippen molar-refractivity contribution >= 4 is 23.0 Å². The monoisotopic (exact) mass is 676 g/mol. The topological polar surface area (TPSA) is 61.3 Å². The van der Waals surface area contributed by atoms with E-state index in [-0.39, 0.29) is 12.1 Å². The molecule has 0 spiro atoms. The maximum absolute atomic E-state index is 13.9. The van der Waals surface area contributed by atoms with Crippen LogP contribution in [0, 0.1) is 0 Å². The van der Waals surface area contributed by atoms with E-state index in [9.17, 15) is 92.2 Å². The predicted octanol–water partition coefficient (Wildman–Crippen LogP) is 8.12. The van der Waals surface area contributed by atoms with E-state index in [0.717, 1.165) is 0 Å². The number of nitrogens with two attached hydrogens (primary N) is 2. The van der Waals surface area contributed by atoms with Gasteiger partial charge in [0.15, 0.2) is 5.75 Å². The highest BCUT2D eigenvalue weighted by molar-refractivity contribution is 6.33. The van der Waals surface area contributed by atoms with Crippen molar-refractivity contribution in [3.63, 3.8) is 0 Å². The predicted molar refractivity (Wildman–Crippen MR) is 91.5 cm³/mol. The molecule has 0 atom stereocenters. The highest BCUT2D eigenvalue weighted by Crippen LogP contribution is 2.66. The van der Waals surface area contributed by atoms with Crippen LogP contribution in [0.3, 0.4) is 0 Å². The lowest BCUT2D eigenvalue weighted by molar-refractivity contribution is -0.480. The van der Waals surface area contributed by atoms with Gasteiger partial charge in [0.05, 0.1) is 16.4 Å². The Morgan fingerprint density at radius 3 is 1.05 bits per heavy atom. The van der Waals surface area contributed by atoms with Crippen molar-refractivity contribution in [1.29, 1.82) is 0 Å². The Morgan fingerprint density at radius 1 is 0.439 bits per heavy atom. The van der Waals surface area contributed by atoms with Crippen molar-refractivity contribution in [2.24, 2.45) is 0 Å². The Hall–Kier alpha value is -2.56. The SMILES string of the molecule is Nc1cc(OC(F)(F)C(F)(F)C(F)(F)C(F)(F)C(F)(F)C(F)(F)C(F)(F)C(F)(F)C(F)(F)C(F)(F)F)c(N)cc1Cl. The molecular formula is C16H6ClF21N2O. The zero-order valence-electron chi connectivity index (χ0n) is 18.0. The fourth-order valence-corrected chi connectivity index (χ4v) is 2.59. The maximum Gasteiger partial charge on any atom is 0.471 e. The lowest BCUT2D eigenvalue weighted by atomic mass is 9.87. The second-order valence-electron chi connectivity index (χ2n) is 7.62. The van der Waals surface area contributed by atoms with Crippen molar-refractivity contribution in [3.8, 4) is 5.75 Å². The molecule has 240 valence electrons. The molecule has 0 aliphatic heterocycles. The smallest absolute Gasteiger partial charge is 0.426 e. The summed E-state index contributed by atoms with van der Waals surface area (Å²) in [5.74, 6) is -73.3. The van der Waals surface area contributed by atoms with Crippen LogP contribution >= 0.6 is 11.6 Å². The number of halogens is 22. The minimum absolute atomic E-state index is 0.107. The number of anilines is 2. The molecular weight excluding hydrogens is 671 g/mol. The van der Waals surface area contributed by atoms with Gasteiger partial charge in [0.2, 0.25) is 0 Å². The number of alkyl halides is 21. The van der Waals surface area contributed by atoms with Gasteiger partial charge in [-0.05, 0) is 6.07 Å². The van der Waals surface area contributed by atoms with E-state index in [2.05, 4.69) is 4.74 Å². The van der Waals surface area contributed by atoms with E-state index >= 15 is 0 Å². The maximum atomic E-state index is 13.9. The number of ether oxygens (including phenoxy) is 1. The Kier molecular flexibility index (Phi) is 8.43. The van der Waals surface area contributed by atoms with Crippen LogP contribution in [-0.4, -0.2) is 59.7 Å². The van der Waals surface area contributed by atoms with Crippen LogP contribution in [0.1, 0.15) is 0 Å². The van der Waals surface area contributed by atoms with Crippen molar-refractivity contribution in [2.45, 2.75) is 59.7 Å². The molecule has 25 heteroatoms. The van der Waals surface area contributed by atoms with Gasteiger partial charge in [-0.1, -0.05) is 11.6 Å². The molecule has 0 amide bonds. The first kappa shape index (κ1) is 36.5. The molecule has 0 unspecified atom stereocenters. The zero-order chi connectivity index (χ0) is 33.4. The molecule has 0 radical (unpaired) electrons. The second-order valence-corrected chi connectivity index (χ2v) is 8.03. The third-order valence-corrected chi connectivity index (χ3v) is 5.18. The molecule has 0 saturated carbocycles. The van der Waals surface area contributed by atoms with Gasteiger partial charge in [0.25, 0.3) is 0 Å². The Balaban J connectivity index is 3.77. The summed E-state index contributed by atoms with van der Waals surface area (Å²) >= 11 is 5.30. The van der Waals surface area contributed by atoms with Gasteiger partial charge in [0.1, 0.15) is 0 Å². The third kappa shape index (κ3) is 4.76. The number of hydrogen-bond donors (Lipinski definition) is 2. The average Bonchev–Trinajstić information content (AvgIpc) is 2.75. The molecule has 0 saturated heterocycles. The van der Waals surface area contributed by atoms with Gasteiger partial charge in [0, 0.05) is 6.07 Å². The van der Waals surface area contributed by atoms with Crippen molar-refractivity contribution in [2.75, 3.05) is 11.5 Å². The number of benzene rings is 1. The summed E-state index contributed by atoms with van der Waals surface area (Å²) in [5, 5.41) is -0.697. The van der Waals surface area contributed by atoms with Crippen LogP contribution < -0.4 is 16.2 Å². The minimum Gasteiger partial charge on any atom is -0.426 e. The van der Waals surface area contributed by atoms with Crippen LogP contribution in [0.5, 0.6) is 5.75 Å². The molecule has 3 nitrogen and oxygen atoms in total. The van der Waals surface area contributed by atoms with E-state index in [0.29, 0.717) is 0 Å². The normalized spacial score (nSPS) is 15.8. The average molecular weight is 677 g/mol. The quantitative estimate of drug-likeness (QED) is 0.195. The standard InChI is InChI=1S/C16H6ClF21N2O/c17-3-1-5(40)6(2-4(3)39)41-16(37,38)14(32,33)12(28,29)10(24,25)8(20,21)7(18,19)9(22,23)11(26,27)13(30,31)15(34,35)36/h1-2H,39-40H2. The van der Waals surface area contributed by atoms with E-state index < -0.39 is 81.8 Å².